The highest BCUT2D eigenvalue weighted by Gasteiger charge is 2.40. The summed E-state index contributed by atoms with van der Waals surface area (Å²) in [6, 6.07) is 24.4. The smallest absolute Gasteiger partial charge is 0.203 e. The highest BCUT2D eigenvalue weighted by atomic mass is 16.5. The van der Waals surface area contributed by atoms with Crippen LogP contribution in [0.25, 0.3) is 0 Å². The molecular formula is C20H19NO2. The number of hydrogen-bond donors (Lipinski definition) is 1. The lowest BCUT2D eigenvalue weighted by atomic mass is 9.76. The van der Waals surface area contributed by atoms with E-state index in [-0.39, 0.29) is 0 Å². The fraction of sp³-hybridized carbons (Fsp3) is 0.150. The Morgan fingerprint density at radius 3 is 2.04 bits per heavy atom. The van der Waals surface area contributed by atoms with E-state index in [1.807, 2.05) is 66.7 Å². The molecule has 1 N–H and O–H groups in total. The van der Waals surface area contributed by atoms with Crippen LogP contribution in [0, 0.1) is 5.21 Å². The Labute approximate surface area is 136 Å². The predicted molar refractivity (Wildman–Crippen MR) is 89.7 cm³/mol. The van der Waals surface area contributed by atoms with E-state index in [4.69, 9.17) is 0 Å². The summed E-state index contributed by atoms with van der Waals surface area (Å²) >= 11 is 0. The van der Waals surface area contributed by atoms with Crippen molar-refractivity contribution in [3.05, 3.63) is 107 Å². The van der Waals surface area contributed by atoms with Gasteiger partial charge < -0.3 is 10.3 Å². The Morgan fingerprint density at radius 2 is 1.43 bits per heavy atom. The summed E-state index contributed by atoms with van der Waals surface area (Å²) in [6.07, 6.45) is 1.46. The minimum Gasteiger partial charge on any atom is -0.618 e. The number of aliphatic hydroxyl groups is 1. The molecule has 2 aromatic carbocycles. The van der Waals surface area contributed by atoms with Crippen LogP contribution >= 0.6 is 0 Å². The van der Waals surface area contributed by atoms with Crippen LogP contribution in [0.15, 0.2) is 85.1 Å². The van der Waals surface area contributed by atoms with Crippen molar-refractivity contribution in [1.82, 2.24) is 0 Å². The summed E-state index contributed by atoms with van der Waals surface area (Å²) in [7, 11) is 0. The number of benzene rings is 2. The molecule has 0 aliphatic carbocycles. The maximum Gasteiger partial charge on any atom is 0.203 e. The third kappa shape index (κ3) is 2.96. The van der Waals surface area contributed by atoms with E-state index >= 15 is 0 Å². The van der Waals surface area contributed by atoms with Crippen LogP contribution in [0.2, 0.25) is 0 Å². The number of nitrogens with zero attached hydrogens (tertiary/aromatic N) is 1. The van der Waals surface area contributed by atoms with Gasteiger partial charge in [0.1, 0.15) is 11.5 Å². The maximum absolute atomic E-state index is 12.3. The molecule has 3 heteroatoms. The molecule has 1 aromatic heterocycles. The van der Waals surface area contributed by atoms with E-state index in [1.54, 1.807) is 19.1 Å². The summed E-state index contributed by atoms with van der Waals surface area (Å²) in [5.74, 6) is -0.468. The molecule has 0 saturated heterocycles. The molecule has 0 aliphatic rings. The first-order chi connectivity index (χ1) is 11.1. The van der Waals surface area contributed by atoms with Crippen molar-refractivity contribution in [1.29, 1.82) is 0 Å². The molecule has 3 aromatic rings. The minimum absolute atomic E-state index is 0.468. The lowest BCUT2D eigenvalue weighted by Gasteiger charge is -2.32. The molecule has 3 rings (SSSR count). The van der Waals surface area contributed by atoms with Crippen molar-refractivity contribution >= 4 is 0 Å². The SMILES string of the molecule is C[C@](O)(c1ccccc1)[C@H](c1ccccc1)c1cccc[n+]1[O-]. The normalized spacial score (nSPS) is 14.9. The summed E-state index contributed by atoms with van der Waals surface area (Å²) in [4.78, 5) is 0. The summed E-state index contributed by atoms with van der Waals surface area (Å²) in [5, 5.41) is 23.6. The van der Waals surface area contributed by atoms with Crippen molar-refractivity contribution in [2.75, 3.05) is 0 Å². The van der Waals surface area contributed by atoms with Crippen LogP contribution in [0.4, 0.5) is 0 Å². The van der Waals surface area contributed by atoms with Crippen LogP contribution in [-0.4, -0.2) is 5.11 Å². The van der Waals surface area contributed by atoms with Gasteiger partial charge in [-0.2, -0.15) is 4.73 Å². The molecule has 23 heavy (non-hydrogen) atoms. The van der Waals surface area contributed by atoms with Crippen LogP contribution in [0.5, 0.6) is 0 Å². The number of hydrogen-bond acceptors (Lipinski definition) is 2. The van der Waals surface area contributed by atoms with Gasteiger partial charge in [-0.15, -0.1) is 0 Å². The standard InChI is InChI=1S/C20H19NO2/c1-20(22,17-12-6-3-7-13-17)19(16-10-4-2-5-11-16)18-14-8-9-15-21(18)23/h2-15,19,22H,1H3/t19-,20+/m1/s1. The maximum atomic E-state index is 12.3. The van der Waals surface area contributed by atoms with E-state index < -0.39 is 11.5 Å². The highest BCUT2D eigenvalue weighted by Crippen LogP contribution is 2.40. The first kappa shape index (κ1) is 15.3. The fourth-order valence-corrected chi connectivity index (χ4v) is 3.04. The zero-order valence-corrected chi connectivity index (χ0v) is 13.0. The largest absolute Gasteiger partial charge is 0.618 e. The summed E-state index contributed by atoms with van der Waals surface area (Å²) in [5.41, 5.74) is 0.985. The first-order valence-corrected chi connectivity index (χ1v) is 7.61. The van der Waals surface area contributed by atoms with E-state index in [9.17, 15) is 10.3 Å². The first-order valence-electron chi connectivity index (χ1n) is 7.61. The van der Waals surface area contributed by atoms with Gasteiger partial charge in [-0.25, -0.2) is 0 Å². The number of pyridine rings is 1. The third-order valence-electron chi connectivity index (χ3n) is 4.20. The van der Waals surface area contributed by atoms with E-state index in [0.29, 0.717) is 5.69 Å². The van der Waals surface area contributed by atoms with Gasteiger partial charge >= 0.3 is 0 Å². The highest BCUT2D eigenvalue weighted by molar-refractivity contribution is 5.36. The van der Waals surface area contributed by atoms with Crippen molar-refractivity contribution in [2.45, 2.75) is 18.4 Å². The van der Waals surface area contributed by atoms with Crippen LogP contribution in [0.3, 0.4) is 0 Å². The quantitative estimate of drug-likeness (QED) is 0.593. The molecule has 1 heterocycles. The second-order valence-electron chi connectivity index (χ2n) is 5.81. The van der Waals surface area contributed by atoms with Crippen molar-refractivity contribution in [3.63, 3.8) is 0 Å². The van der Waals surface area contributed by atoms with Crippen molar-refractivity contribution in [3.8, 4) is 0 Å². The molecule has 0 spiro atoms. The summed E-state index contributed by atoms with van der Waals surface area (Å²) < 4.78 is 0.828. The lowest BCUT2D eigenvalue weighted by Crippen LogP contribution is -2.40. The van der Waals surface area contributed by atoms with Crippen LogP contribution < -0.4 is 4.73 Å². The van der Waals surface area contributed by atoms with Gasteiger partial charge in [0.05, 0.1) is 0 Å². The molecule has 3 nitrogen and oxygen atoms in total. The van der Waals surface area contributed by atoms with Crippen LogP contribution in [-0.2, 0) is 5.60 Å². The van der Waals surface area contributed by atoms with Crippen molar-refractivity contribution < 1.29 is 9.84 Å². The molecule has 0 bridgehead atoms. The number of aromatic nitrogens is 1. The van der Waals surface area contributed by atoms with E-state index in [1.165, 1.54) is 6.20 Å². The van der Waals surface area contributed by atoms with Gasteiger partial charge in [0, 0.05) is 12.1 Å². The zero-order valence-electron chi connectivity index (χ0n) is 13.0. The Kier molecular flexibility index (Phi) is 4.13. The molecule has 0 fully saturated rings. The predicted octanol–water partition coefficient (Wildman–Crippen LogP) is 3.36. The van der Waals surface area contributed by atoms with Gasteiger partial charge in [0.15, 0.2) is 6.20 Å². The van der Waals surface area contributed by atoms with Crippen LogP contribution in [0.1, 0.15) is 29.7 Å². The molecule has 0 aliphatic heterocycles. The second kappa shape index (κ2) is 6.23. The average molecular weight is 305 g/mol. The topological polar surface area (TPSA) is 47.2 Å². The van der Waals surface area contributed by atoms with E-state index in [2.05, 4.69) is 0 Å². The number of rotatable bonds is 4. The Bertz CT molecular complexity index is 770. The second-order valence-corrected chi connectivity index (χ2v) is 5.81. The molecule has 0 amide bonds. The molecule has 0 radical (unpaired) electrons. The van der Waals surface area contributed by atoms with E-state index in [0.717, 1.165) is 15.9 Å². The Balaban J connectivity index is 2.19. The zero-order chi connectivity index (χ0) is 16.3. The molecule has 116 valence electrons. The van der Waals surface area contributed by atoms with Gasteiger partial charge in [-0.05, 0) is 24.1 Å². The van der Waals surface area contributed by atoms with Gasteiger partial charge in [-0.3, -0.25) is 0 Å². The van der Waals surface area contributed by atoms with Gasteiger partial charge in [0.25, 0.3) is 0 Å². The minimum atomic E-state index is -1.21. The lowest BCUT2D eigenvalue weighted by molar-refractivity contribution is -0.616. The van der Waals surface area contributed by atoms with Gasteiger partial charge in [-0.1, -0.05) is 60.7 Å². The molecular weight excluding hydrogens is 286 g/mol. The fourth-order valence-electron chi connectivity index (χ4n) is 3.04. The average Bonchev–Trinajstić information content (AvgIpc) is 2.58. The Hall–Kier alpha value is -2.65. The Morgan fingerprint density at radius 1 is 0.870 bits per heavy atom. The molecule has 0 saturated carbocycles. The molecule has 2 atom stereocenters. The van der Waals surface area contributed by atoms with Gasteiger partial charge in [0.2, 0.25) is 5.69 Å². The molecule has 0 unspecified atom stereocenters. The monoisotopic (exact) mass is 305 g/mol. The summed E-state index contributed by atoms with van der Waals surface area (Å²) in [6.45, 7) is 1.76. The third-order valence-corrected chi connectivity index (χ3v) is 4.20. The van der Waals surface area contributed by atoms with Crippen molar-refractivity contribution in [2.24, 2.45) is 0 Å².